The molecule has 1 amide bonds. The number of halogens is 1. The highest BCUT2D eigenvalue weighted by Gasteiger charge is 2.69. The highest BCUT2D eigenvalue weighted by molar-refractivity contribution is 14.1. The van der Waals surface area contributed by atoms with E-state index in [9.17, 15) is 34.2 Å². The van der Waals surface area contributed by atoms with E-state index in [0.29, 0.717) is 9.13 Å². The highest BCUT2D eigenvalue weighted by Crippen LogP contribution is 2.52. The van der Waals surface area contributed by atoms with Crippen LogP contribution in [-0.4, -0.2) is 84.0 Å². The Bertz CT molecular complexity index is 1490. The van der Waals surface area contributed by atoms with Gasteiger partial charge >= 0.3 is 0 Å². The van der Waals surface area contributed by atoms with Crippen LogP contribution < -0.4 is 10.6 Å². The maximum absolute atomic E-state index is 14.0. The SMILES string of the molecule is CN(C)c1ccc(-c2cc(I)c(O)c3c2C[C@H]2C[C@H]4[C@H](N(C)C)C(=O)C(C(N)=O)C(=O)[C@@]4(O)C(=O)C2C3=O)cc1. The number of benzene rings is 2. The highest BCUT2D eigenvalue weighted by atomic mass is 127. The average molecular weight is 659 g/mol. The number of primary amides is 1. The Labute approximate surface area is 244 Å². The maximum atomic E-state index is 14.0. The van der Waals surface area contributed by atoms with Gasteiger partial charge in [-0.25, -0.2) is 0 Å². The number of ketones is 4. The third kappa shape index (κ3) is 3.92. The second kappa shape index (κ2) is 9.74. The third-order valence-electron chi connectivity index (χ3n) is 8.71. The lowest BCUT2D eigenvalue weighted by molar-refractivity contribution is -0.181. The van der Waals surface area contributed by atoms with Gasteiger partial charge in [-0.2, -0.15) is 0 Å². The normalized spacial score (nSPS) is 29.6. The molecule has 0 bridgehead atoms. The Morgan fingerprint density at radius 1 is 1.05 bits per heavy atom. The largest absolute Gasteiger partial charge is 0.506 e. The lowest BCUT2D eigenvalue weighted by atomic mass is 9.52. The van der Waals surface area contributed by atoms with Gasteiger partial charge in [0, 0.05) is 25.7 Å². The van der Waals surface area contributed by atoms with Gasteiger partial charge in [0.1, 0.15) is 5.75 Å². The number of carbonyl (C=O) groups is 5. The predicted molar refractivity (Wildman–Crippen MR) is 154 cm³/mol. The fourth-order valence-electron chi connectivity index (χ4n) is 6.84. The van der Waals surface area contributed by atoms with Crippen LogP contribution in [0.5, 0.6) is 5.75 Å². The minimum atomic E-state index is -2.74. The maximum Gasteiger partial charge on any atom is 0.235 e. The molecule has 6 atom stereocenters. The Hall–Kier alpha value is -3.16. The molecule has 0 radical (unpaired) electrons. The molecule has 40 heavy (non-hydrogen) atoms. The van der Waals surface area contributed by atoms with Crippen molar-refractivity contribution in [1.29, 1.82) is 0 Å². The number of amides is 1. The Balaban J connectivity index is 1.66. The smallest absolute Gasteiger partial charge is 0.235 e. The average Bonchev–Trinajstić information content (AvgIpc) is 2.88. The summed E-state index contributed by atoms with van der Waals surface area (Å²) >= 11 is 1.93. The number of anilines is 1. The van der Waals surface area contributed by atoms with Gasteiger partial charge in [-0.1, -0.05) is 12.1 Å². The lowest BCUT2D eigenvalue weighted by Crippen LogP contribution is -2.74. The molecule has 11 heteroatoms. The van der Waals surface area contributed by atoms with Gasteiger partial charge in [-0.15, -0.1) is 0 Å². The first-order chi connectivity index (χ1) is 18.7. The van der Waals surface area contributed by atoms with Crippen LogP contribution in [0.3, 0.4) is 0 Å². The molecule has 10 nitrogen and oxygen atoms in total. The van der Waals surface area contributed by atoms with Crippen molar-refractivity contribution in [2.24, 2.45) is 29.4 Å². The molecule has 210 valence electrons. The van der Waals surface area contributed by atoms with Crippen LogP contribution in [0.15, 0.2) is 30.3 Å². The second-order valence-electron chi connectivity index (χ2n) is 11.3. The van der Waals surface area contributed by atoms with Gasteiger partial charge in [-0.05, 0) is 90.3 Å². The van der Waals surface area contributed by atoms with Crippen molar-refractivity contribution in [1.82, 2.24) is 4.90 Å². The molecule has 0 heterocycles. The van der Waals surface area contributed by atoms with Gasteiger partial charge in [0.2, 0.25) is 5.91 Å². The molecular weight excluding hydrogens is 629 g/mol. The molecule has 2 unspecified atom stereocenters. The number of likely N-dealkylation sites (N-methyl/N-ethyl adjacent to an activating group) is 1. The number of phenols is 1. The monoisotopic (exact) mass is 659 g/mol. The molecular formula is C29H30IN3O7. The van der Waals surface area contributed by atoms with Crippen LogP contribution >= 0.6 is 22.6 Å². The second-order valence-corrected chi connectivity index (χ2v) is 12.5. The molecule has 5 rings (SSSR count). The topological polar surface area (TPSA) is 158 Å². The van der Waals surface area contributed by atoms with E-state index in [1.165, 1.54) is 4.90 Å². The minimum Gasteiger partial charge on any atom is -0.506 e. The summed E-state index contributed by atoms with van der Waals surface area (Å²) in [5.41, 5.74) is 5.73. The fourth-order valence-corrected chi connectivity index (χ4v) is 7.42. The number of hydrogen-bond donors (Lipinski definition) is 3. The van der Waals surface area contributed by atoms with E-state index >= 15 is 0 Å². The molecule has 0 spiro atoms. The number of aliphatic hydroxyl groups is 1. The van der Waals surface area contributed by atoms with Gasteiger partial charge in [0.05, 0.1) is 21.1 Å². The number of phenolic OH excluding ortho intramolecular Hbond substituents is 1. The number of fused-ring (bicyclic) bond motifs is 3. The van der Waals surface area contributed by atoms with Crippen molar-refractivity contribution in [3.8, 4) is 16.9 Å². The van der Waals surface area contributed by atoms with Gasteiger partial charge in [0.25, 0.3) is 0 Å². The molecule has 2 fully saturated rings. The van der Waals surface area contributed by atoms with Crippen molar-refractivity contribution in [3.05, 3.63) is 45.0 Å². The number of rotatable bonds is 4. The van der Waals surface area contributed by atoms with E-state index in [1.54, 1.807) is 20.2 Å². The molecule has 0 aromatic heterocycles. The molecule has 0 saturated heterocycles. The first-order valence-electron chi connectivity index (χ1n) is 12.9. The van der Waals surface area contributed by atoms with Crippen LogP contribution in [0.25, 0.3) is 11.1 Å². The Morgan fingerprint density at radius 2 is 1.68 bits per heavy atom. The van der Waals surface area contributed by atoms with Crippen molar-refractivity contribution < 1.29 is 34.2 Å². The number of aromatic hydroxyl groups is 1. The van der Waals surface area contributed by atoms with Crippen molar-refractivity contribution in [2.75, 3.05) is 33.1 Å². The molecule has 2 saturated carbocycles. The fraction of sp³-hybridized carbons (Fsp3) is 0.414. The number of nitrogens with two attached hydrogens (primary N) is 1. The first kappa shape index (κ1) is 28.4. The van der Waals surface area contributed by atoms with Crippen molar-refractivity contribution in [2.45, 2.75) is 24.5 Å². The first-order valence-corrected chi connectivity index (χ1v) is 14.0. The number of Topliss-reactive ketones (excluding diaryl/α,β-unsaturated/α-hetero) is 4. The summed E-state index contributed by atoms with van der Waals surface area (Å²) in [7, 11) is 6.97. The summed E-state index contributed by atoms with van der Waals surface area (Å²) < 4.78 is 0.412. The Morgan fingerprint density at radius 3 is 2.23 bits per heavy atom. The van der Waals surface area contributed by atoms with Gasteiger partial charge in [0.15, 0.2) is 34.7 Å². The lowest BCUT2D eigenvalue weighted by Gasteiger charge is -2.52. The summed E-state index contributed by atoms with van der Waals surface area (Å²) in [5, 5.41) is 22.7. The van der Waals surface area contributed by atoms with E-state index in [2.05, 4.69) is 0 Å². The summed E-state index contributed by atoms with van der Waals surface area (Å²) in [6, 6.07) is 8.38. The molecule has 3 aliphatic rings. The van der Waals surface area contributed by atoms with Gasteiger partial charge < -0.3 is 20.8 Å². The number of nitrogens with zero attached hydrogens (tertiary/aromatic N) is 2. The standard InChI is InChI=1S/C29H30IN3O7/c1-32(2)14-7-5-12(6-8-14)15-11-18(30)23(34)20-16(15)9-13-10-17-22(33(3)4)25(36)21(28(31)39)27(38)29(17,40)26(37)19(13)24(20)35/h5-8,11,13,17,19,21-22,34,40H,9-10H2,1-4H3,(H2,31,39)/t13-,17-,19?,21?,22-,29-/m0/s1. The van der Waals surface area contributed by atoms with E-state index in [-0.39, 0.29) is 24.2 Å². The zero-order chi connectivity index (χ0) is 29.4. The molecule has 2 aromatic rings. The Kier molecular flexibility index (Phi) is 6.91. The molecule has 0 aliphatic heterocycles. The zero-order valence-electron chi connectivity index (χ0n) is 22.5. The number of hydrogen-bond acceptors (Lipinski definition) is 9. The molecule has 3 aliphatic carbocycles. The zero-order valence-corrected chi connectivity index (χ0v) is 24.6. The number of carbonyl (C=O) groups excluding carboxylic acids is 5. The van der Waals surface area contributed by atoms with E-state index in [4.69, 9.17) is 5.73 Å². The molecule has 4 N–H and O–H groups in total. The van der Waals surface area contributed by atoms with Crippen molar-refractivity contribution in [3.63, 3.8) is 0 Å². The van der Waals surface area contributed by atoms with Crippen LogP contribution in [0.2, 0.25) is 0 Å². The van der Waals surface area contributed by atoms with Crippen LogP contribution in [-0.2, 0) is 25.6 Å². The van der Waals surface area contributed by atoms with Crippen LogP contribution in [0, 0.1) is 27.2 Å². The summed E-state index contributed by atoms with van der Waals surface area (Å²) in [4.78, 5) is 70.2. The quantitative estimate of drug-likeness (QED) is 0.324. The predicted octanol–water partition coefficient (Wildman–Crippen LogP) is 1.20. The summed E-state index contributed by atoms with van der Waals surface area (Å²) in [6.45, 7) is 0. The minimum absolute atomic E-state index is 0.00909. The third-order valence-corrected chi connectivity index (χ3v) is 9.53. The van der Waals surface area contributed by atoms with Crippen molar-refractivity contribution >= 4 is 57.3 Å². The van der Waals surface area contributed by atoms with Gasteiger partial charge in [-0.3, -0.25) is 28.9 Å². The van der Waals surface area contributed by atoms with E-state index in [1.807, 2.05) is 65.9 Å². The summed E-state index contributed by atoms with van der Waals surface area (Å²) in [5.74, 6) is -10.5. The van der Waals surface area contributed by atoms with E-state index < -0.39 is 64.4 Å². The molecule has 2 aromatic carbocycles. The summed E-state index contributed by atoms with van der Waals surface area (Å²) in [6.07, 6.45) is 0.219. The van der Waals surface area contributed by atoms with Crippen LogP contribution in [0.4, 0.5) is 5.69 Å². The van der Waals surface area contributed by atoms with Crippen LogP contribution in [0.1, 0.15) is 22.3 Å². The van der Waals surface area contributed by atoms with E-state index in [0.717, 1.165) is 16.8 Å².